The predicted molar refractivity (Wildman–Crippen MR) is 85.1 cm³/mol. The Hall–Kier alpha value is -1.11. The minimum atomic E-state index is 0.404. The van der Waals surface area contributed by atoms with E-state index >= 15 is 0 Å². The zero-order valence-corrected chi connectivity index (χ0v) is 13.5. The normalized spacial score (nSPS) is 10.8. The lowest BCUT2D eigenvalue weighted by Gasteiger charge is -2.00. The number of hydrogen-bond acceptors (Lipinski definition) is 4. The van der Waals surface area contributed by atoms with Crippen LogP contribution in [0.1, 0.15) is 0 Å². The van der Waals surface area contributed by atoms with Gasteiger partial charge in [-0.25, -0.2) is 0 Å². The van der Waals surface area contributed by atoms with Crippen LogP contribution >= 0.6 is 43.2 Å². The van der Waals surface area contributed by atoms with Gasteiger partial charge in [-0.2, -0.15) is 0 Å². The number of halogens is 2. The van der Waals surface area contributed by atoms with E-state index in [0.717, 1.165) is 24.3 Å². The van der Waals surface area contributed by atoms with E-state index in [1.54, 1.807) is 11.3 Å². The van der Waals surface area contributed by atoms with Crippen LogP contribution in [0.25, 0.3) is 21.8 Å². The third kappa shape index (κ3) is 2.35. The van der Waals surface area contributed by atoms with E-state index in [1.165, 1.54) is 0 Å². The van der Waals surface area contributed by atoms with Crippen molar-refractivity contribution >= 4 is 49.0 Å². The Labute approximate surface area is 130 Å². The average molecular weight is 400 g/mol. The molecule has 96 valence electrons. The number of anilines is 1. The molecule has 1 aromatic carbocycles. The number of nitrogens with zero attached hydrogens (tertiary/aromatic N) is 1. The number of rotatable bonds is 2. The first-order valence-corrected chi connectivity index (χ1v) is 7.83. The third-order valence-corrected chi connectivity index (χ3v) is 5.90. The number of benzene rings is 1. The summed E-state index contributed by atoms with van der Waals surface area (Å²) in [5.74, 6) is 1.10. The molecule has 0 aliphatic heterocycles. The van der Waals surface area contributed by atoms with E-state index in [9.17, 15) is 0 Å². The Morgan fingerprint density at radius 2 is 1.89 bits per heavy atom. The monoisotopic (exact) mass is 398 g/mol. The Kier molecular flexibility index (Phi) is 3.47. The van der Waals surface area contributed by atoms with Crippen LogP contribution < -0.4 is 5.73 Å². The number of nitrogen functional groups attached to an aromatic ring is 1. The van der Waals surface area contributed by atoms with Crippen molar-refractivity contribution in [2.45, 2.75) is 0 Å². The van der Waals surface area contributed by atoms with Crippen molar-refractivity contribution in [1.82, 2.24) is 5.16 Å². The number of nitrogens with two attached hydrogens (primary N) is 1. The number of thiophene rings is 1. The summed E-state index contributed by atoms with van der Waals surface area (Å²) in [5, 5.41) is 3.89. The lowest BCUT2D eigenvalue weighted by molar-refractivity contribution is 0.437. The van der Waals surface area contributed by atoms with Gasteiger partial charge in [0.1, 0.15) is 0 Å². The van der Waals surface area contributed by atoms with Crippen LogP contribution in [0.3, 0.4) is 0 Å². The summed E-state index contributed by atoms with van der Waals surface area (Å²) in [5.41, 5.74) is 7.76. The molecule has 6 heteroatoms. The molecular formula is C13H8Br2N2OS. The largest absolute Gasteiger partial charge is 0.380 e. The quantitative estimate of drug-likeness (QED) is 0.645. The molecule has 0 fully saturated rings. The standard InChI is InChI=1S/C13H8Br2N2OS/c14-8-6-9(19-12(8)15)11-10(13(16)17-18-11)7-4-2-1-3-5-7/h1-6H,(H2,16,17). The van der Waals surface area contributed by atoms with E-state index in [4.69, 9.17) is 10.3 Å². The summed E-state index contributed by atoms with van der Waals surface area (Å²) in [6.07, 6.45) is 0. The summed E-state index contributed by atoms with van der Waals surface area (Å²) >= 11 is 8.52. The second kappa shape index (κ2) is 5.11. The fraction of sp³-hybridized carbons (Fsp3) is 0. The van der Waals surface area contributed by atoms with Gasteiger partial charge in [0.2, 0.25) is 0 Å². The molecule has 0 bridgehead atoms. The van der Waals surface area contributed by atoms with Gasteiger partial charge in [0.05, 0.1) is 14.2 Å². The van der Waals surface area contributed by atoms with Crippen LogP contribution in [0.15, 0.2) is 49.2 Å². The smallest absolute Gasteiger partial charge is 0.186 e. The van der Waals surface area contributed by atoms with Crippen molar-refractivity contribution < 1.29 is 4.52 Å². The molecule has 3 rings (SSSR count). The summed E-state index contributed by atoms with van der Waals surface area (Å²) in [4.78, 5) is 0.974. The highest BCUT2D eigenvalue weighted by Gasteiger charge is 2.19. The summed E-state index contributed by atoms with van der Waals surface area (Å²) < 4.78 is 7.40. The van der Waals surface area contributed by atoms with E-state index in [2.05, 4.69) is 37.0 Å². The molecule has 0 spiro atoms. The van der Waals surface area contributed by atoms with Gasteiger partial charge in [0.25, 0.3) is 0 Å². The van der Waals surface area contributed by atoms with E-state index in [1.807, 2.05) is 36.4 Å². The molecule has 0 aliphatic carbocycles. The van der Waals surface area contributed by atoms with Gasteiger partial charge < -0.3 is 10.3 Å². The lowest BCUT2D eigenvalue weighted by Crippen LogP contribution is -1.87. The summed E-state index contributed by atoms with van der Waals surface area (Å²) in [7, 11) is 0. The van der Waals surface area contributed by atoms with Gasteiger partial charge in [-0.15, -0.1) is 11.3 Å². The molecule has 0 amide bonds. The first kappa shape index (κ1) is 12.9. The topological polar surface area (TPSA) is 52.0 Å². The molecule has 3 aromatic rings. The van der Waals surface area contributed by atoms with Gasteiger partial charge in [-0.05, 0) is 43.5 Å². The number of aromatic nitrogens is 1. The second-order valence-corrected chi connectivity index (χ2v) is 7.09. The second-order valence-electron chi connectivity index (χ2n) is 3.87. The predicted octanol–water partition coefficient (Wildman–Crippen LogP) is 5.18. The maximum atomic E-state index is 5.93. The Morgan fingerprint density at radius 1 is 1.16 bits per heavy atom. The van der Waals surface area contributed by atoms with Crippen LogP contribution in [0.4, 0.5) is 5.82 Å². The first-order chi connectivity index (χ1) is 9.16. The molecule has 2 N–H and O–H groups in total. The molecule has 0 radical (unpaired) electrons. The van der Waals surface area contributed by atoms with E-state index in [0.29, 0.717) is 11.6 Å². The van der Waals surface area contributed by atoms with Crippen LogP contribution in [-0.2, 0) is 0 Å². The fourth-order valence-corrected chi connectivity index (χ4v) is 3.83. The third-order valence-electron chi connectivity index (χ3n) is 2.65. The SMILES string of the molecule is Nc1noc(-c2cc(Br)c(Br)s2)c1-c1ccccc1. The Balaban J connectivity index is 2.19. The zero-order valence-electron chi connectivity index (χ0n) is 9.56. The summed E-state index contributed by atoms with van der Waals surface area (Å²) in [6, 6.07) is 11.9. The Morgan fingerprint density at radius 3 is 2.53 bits per heavy atom. The van der Waals surface area contributed by atoms with Crippen molar-refractivity contribution in [3.63, 3.8) is 0 Å². The van der Waals surface area contributed by atoms with Crippen molar-refractivity contribution in [2.24, 2.45) is 0 Å². The molecule has 0 aliphatic rings. The molecule has 3 nitrogen and oxygen atoms in total. The molecule has 0 saturated carbocycles. The van der Waals surface area contributed by atoms with Gasteiger partial charge in [-0.1, -0.05) is 35.5 Å². The van der Waals surface area contributed by atoms with Crippen molar-refractivity contribution in [3.8, 4) is 21.8 Å². The highest BCUT2D eigenvalue weighted by atomic mass is 79.9. The first-order valence-electron chi connectivity index (χ1n) is 5.42. The maximum Gasteiger partial charge on any atom is 0.186 e. The average Bonchev–Trinajstić information content (AvgIpc) is 2.95. The molecular weight excluding hydrogens is 392 g/mol. The minimum Gasteiger partial charge on any atom is -0.380 e. The fourth-order valence-electron chi connectivity index (χ4n) is 1.81. The van der Waals surface area contributed by atoms with Crippen LogP contribution in [0.2, 0.25) is 0 Å². The highest BCUT2D eigenvalue weighted by Crippen LogP contribution is 2.43. The Bertz CT molecular complexity index is 702. The maximum absolute atomic E-state index is 5.93. The zero-order chi connectivity index (χ0) is 13.4. The number of hydrogen-bond donors (Lipinski definition) is 1. The highest BCUT2D eigenvalue weighted by molar-refractivity contribution is 9.13. The van der Waals surface area contributed by atoms with Gasteiger partial charge >= 0.3 is 0 Å². The van der Waals surface area contributed by atoms with Gasteiger partial charge in [0, 0.05) is 4.47 Å². The van der Waals surface area contributed by atoms with Crippen LogP contribution in [0.5, 0.6) is 0 Å². The molecule has 0 saturated heterocycles. The van der Waals surface area contributed by atoms with Gasteiger partial charge in [-0.3, -0.25) is 0 Å². The molecule has 2 aromatic heterocycles. The minimum absolute atomic E-state index is 0.404. The summed E-state index contributed by atoms with van der Waals surface area (Å²) in [6.45, 7) is 0. The molecule has 2 heterocycles. The van der Waals surface area contributed by atoms with Crippen LogP contribution in [-0.4, -0.2) is 5.16 Å². The molecule has 0 atom stereocenters. The van der Waals surface area contributed by atoms with Crippen molar-refractivity contribution in [2.75, 3.05) is 5.73 Å². The van der Waals surface area contributed by atoms with Crippen molar-refractivity contribution in [1.29, 1.82) is 0 Å². The van der Waals surface area contributed by atoms with Crippen molar-refractivity contribution in [3.05, 3.63) is 44.7 Å². The lowest BCUT2D eigenvalue weighted by atomic mass is 10.1. The van der Waals surface area contributed by atoms with E-state index < -0.39 is 0 Å². The van der Waals surface area contributed by atoms with Gasteiger partial charge in [0.15, 0.2) is 11.6 Å². The molecule has 0 unspecified atom stereocenters. The molecule has 19 heavy (non-hydrogen) atoms. The van der Waals surface area contributed by atoms with Crippen LogP contribution in [0, 0.1) is 0 Å². The van der Waals surface area contributed by atoms with E-state index in [-0.39, 0.29) is 0 Å².